The van der Waals surface area contributed by atoms with E-state index < -0.39 is 53.5 Å². The highest BCUT2D eigenvalue weighted by atomic mass is 19.4. The molecule has 0 aromatic heterocycles. The summed E-state index contributed by atoms with van der Waals surface area (Å²) in [6, 6.07) is 0. The molecule has 0 rings (SSSR count). The summed E-state index contributed by atoms with van der Waals surface area (Å²) in [7, 11) is 0. The van der Waals surface area contributed by atoms with Crippen LogP contribution in [-0.2, 0) is 19.1 Å². The number of hydrogen-bond donors (Lipinski definition) is 0. The number of carbonyl (C=O) groups is 2. The molecule has 0 heterocycles. The third kappa shape index (κ3) is 8.56. The second kappa shape index (κ2) is 10.0. The molecule has 0 aliphatic rings. The fourth-order valence-electron chi connectivity index (χ4n) is 3.13. The average molecular weight is 461 g/mol. The third-order valence-corrected chi connectivity index (χ3v) is 5.75. The first-order chi connectivity index (χ1) is 13.6. The van der Waals surface area contributed by atoms with Gasteiger partial charge in [0.15, 0.2) is 6.61 Å². The summed E-state index contributed by atoms with van der Waals surface area (Å²) >= 11 is 0. The summed E-state index contributed by atoms with van der Waals surface area (Å²) in [5.41, 5.74) is -2.06. The normalized spacial score (nSPS) is 15.9. The van der Waals surface area contributed by atoms with Crippen molar-refractivity contribution in [3.8, 4) is 0 Å². The Morgan fingerprint density at radius 2 is 1.29 bits per heavy atom. The van der Waals surface area contributed by atoms with Crippen molar-refractivity contribution < 1.29 is 41.0 Å². The van der Waals surface area contributed by atoms with Gasteiger partial charge in [0.05, 0.1) is 11.8 Å². The Balaban J connectivity index is 5.51. The molecule has 0 aliphatic heterocycles. The lowest BCUT2D eigenvalue weighted by Gasteiger charge is -2.39. The van der Waals surface area contributed by atoms with Gasteiger partial charge in [-0.25, -0.2) is 0 Å². The van der Waals surface area contributed by atoms with Gasteiger partial charge in [0.25, 0.3) is 0 Å². The van der Waals surface area contributed by atoms with E-state index in [1.165, 1.54) is 20.8 Å². The van der Waals surface area contributed by atoms with Crippen LogP contribution in [0, 0.1) is 22.7 Å². The van der Waals surface area contributed by atoms with Crippen LogP contribution in [0.25, 0.3) is 0 Å². The van der Waals surface area contributed by atoms with Crippen LogP contribution in [-0.4, -0.2) is 36.2 Å². The van der Waals surface area contributed by atoms with Gasteiger partial charge in [-0.3, -0.25) is 9.59 Å². The van der Waals surface area contributed by atoms with Crippen LogP contribution in [0.1, 0.15) is 81.6 Å². The second-order valence-electron chi connectivity index (χ2n) is 10.4. The summed E-state index contributed by atoms with van der Waals surface area (Å²) in [5, 5.41) is 0. The summed E-state index contributed by atoms with van der Waals surface area (Å²) in [6.45, 7) is 14.0. The predicted molar refractivity (Wildman–Crippen MR) is 108 cm³/mol. The molecule has 31 heavy (non-hydrogen) atoms. The minimum Gasteiger partial charge on any atom is -0.459 e. The van der Waals surface area contributed by atoms with Gasteiger partial charge < -0.3 is 9.47 Å². The van der Waals surface area contributed by atoms with Crippen molar-refractivity contribution in [1.29, 1.82) is 0 Å². The Morgan fingerprint density at radius 3 is 1.65 bits per heavy atom. The van der Waals surface area contributed by atoms with E-state index in [9.17, 15) is 31.5 Å². The second-order valence-corrected chi connectivity index (χ2v) is 10.4. The molecule has 2 atom stereocenters. The average Bonchev–Trinajstić information content (AvgIpc) is 2.55. The standard InChI is InChI=1S/C22H37F5O4/c1-10-14(16(28)30-13-21(23,24)22(25,26)27)20(8,9)31-17(29)15(18(3,4)5)12-19(6,7)11-2/h14-15H,10-13H2,1-9H3. The summed E-state index contributed by atoms with van der Waals surface area (Å²) in [5.74, 6) is -8.70. The van der Waals surface area contributed by atoms with Crippen LogP contribution in [0.4, 0.5) is 22.0 Å². The Bertz CT molecular complexity index is 618. The topological polar surface area (TPSA) is 52.6 Å². The van der Waals surface area contributed by atoms with E-state index in [0.29, 0.717) is 6.42 Å². The number of halogens is 5. The molecule has 2 unspecified atom stereocenters. The fraction of sp³-hybridized carbons (Fsp3) is 0.909. The van der Waals surface area contributed by atoms with Gasteiger partial charge in [0.2, 0.25) is 0 Å². The zero-order valence-corrected chi connectivity index (χ0v) is 20.0. The Morgan fingerprint density at radius 1 is 0.806 bits per heavy atom. The lowest BCUT2D eigenvalue weighted by Crippen LogP contribution is -2.47. The zero-order chi connectivity index (χ0) is 25.1. The highest BCUT2D eigenvalue weighted by Gasteiger charge is 2.58. The maximum Gasteiger partial charge on any atom is 0.456 e. The molecule has 0 fully saturated rings. The molecule has 0 aromatic rings. The molecule has 0 spiro atoms. The number of hydrogen-bond acceptors (Lipinski definition) is 4. The third-order valence-electron chi connectivity index (χ3n) is 5.75. The SMILES string of the molecule is CCC(C(=O)OCC(F)(F)C(F)(F)F)C(C)(C)OC(=O)C(CC(C)(C)CC)C(C)(C)C. The van der Waals surface area contributed by atoms with E-state index in [1.807, 2.05) is 41.5 Å². The molecule has 184 valence electrons. The van der Waals surface area contributed by atoms with E-state index >= 15 is 0 Å². The zero-order valence-electron chi connectivity index (χ0n) is 20.0. The summed E-state index contributed by atoms with van der Waals surface area (Å²) in [6.07, 6.45) is -4.45. The molecule has 4 nitrogen and oxygen atoms in total. The first kappa shape index (κ1) is 29.6. The van der Waals surface area contributed by atoms with Gasteiger partial charge in [-0.2, -0.15) is 22.0 Å². The van der Waals surface area contributed by atoms with Crippen LogP contribution in [0.5, 0.6) is 0 Å². The number of carbonyl (C=O) groups excluding carboxylic acids is 2. The van der Waals surface area contributed by atoms with Crippen molar-refractivity contribution in [2.75, 3.05) is 6.61 Å². The van der Waals surface area contributed by atoms with Gasteiger partial charge in [-0.15, -0.1) is 0 Å². The lowest BCUT2D eigenvalue weighted by molar-refractivity contribution is -0.294. The summed E-state index contributed by atoms with van der Waals surface area (Å²) < 4.78 is 73.1. The van der Waals surface area contributed by atoms with E-state index in [4.69, 9.17) is 4.74 Å². The molecule has 0 amide bonds. The molecule has 0 aliphatic carbocycles. The van der Waals surface area contributed by atoms with Crippen LogP contribution >= 0.6 is 0 Å². The maximum absolute atomic E-state index is 13.1. The Labute approximate surface area is 182 Å². The van der Waals surface area contributed by atoms with E-state index in [2.05, 4.69) is 4.74 Å². The first-order valence-corrected chi connectivity index (χ1v) is 10.5. The number of esters is 2. The van der Waals surface area contributed by atoms with Crippen molar-refractivity contribution in [2.24, 2.45) is 22.7 Å². The highest BCUT2D eigenvalue weighted by Crippen LogP contribution is 2.40. The minimum absolute atomic E-state index is 0.0251. The molecular formula is C22H37F5O4. The Kier molecular flexibility index (Phi) is 9.57. The van der Waals surface area contributed by atoms with Crippen LogP contribution < -0.4 is 0 Å². The number of alkyl halides is 5. The van der Waals surface area contributed by atoms with Gasteiger partial charge in [0, 0.05) is 0 Å². The van der Waals surface area contributed by atoms with Crippen molar-refractivity contribution in [3.05, 3.63) is 0 Å². The number of rotatable bonds is 10. The molecule has 0 radical (unpaired) electrons. The van der Waals surface area contributed by atoms with Crippen molar-refractivity contribution in [2.45, 2.75) is 99.3 Å². The molecule has 0 saturated carbocycles. The Hall–Kier alpha value is -1.41. The minimum atomic E-state index is -5.83. The van der Waals surface area contributed by atoms with Crippen molar-refractivity contribution in [1.82, 2.24) is 0 Å². The largest absolute Gasteiger partial charge is 0.459 e. The molecular weight excluding hydrogens is 423 g/mol. The summed E-state index contributed by atoms with van der Waals surface area (Å²) in [4.78, 5) is 25.4. The smallest absolute Gasteiger partial charge is 0.456 e. The molecule has 0 N–H and O–H groups in total. The van der Waals surface area contributed by atoms with Gasteiger partial charge in [-0.1, -0.05) is 54.9 Å². The number of ether oxygens (including phenoxy) is 2. The van der Waals surface area contributed by atoms with Crippen LogP contribution in [0.2, 0.25) is 0 Å². The van der Waals surface area contributed by atoms with E-state index in [0.717, 1.165) is 6.42 Å². The molecule has 0 bridgehead atoms. The van der Waals surface area contributed by atoms with Crippen molar-refractivity contribution in [3.63, 3.8) is 0 Å². The van der Waals surface area contributed by atoms with Crippen LogP contribution in [0.3, 0.4) is 0 Å². The molecule has 0 saturated heterocycles. The molecule has 9 heteroatoms. The first-order valence-electron chi connectivity index (χ1n) is 10.5. The van der Waals surface area contributed by atoms with Gasteiger partial charge in [-0.05, 0) is 37.5 Å². The van der Waals surface area contributed by atoms with Gasteiger partial charge in [0.1, 0.15) is 5.60 Å². The molecule has 0 aromatic carbocycles. The van der Waals surface area contributed by atoms with E-state index in [-0.39, 0.29) is 11.8 Å². The lowest BCUT2D eigenvalue weighted by atomic mass is 9.70. The highest BCUT2D eigenvalue weighted by molar-refractivity contribution is 5.77. The van der Waals surface area contributed by atoms with Gasteiger partial charge >= 0.3 is 24.0 Å². The van der Waals surface area contributed by atoms with E-state index in [1.54, 1.807) is 0 Å². The predicted octanol–water partition coefficient (Wildman–Crippen LogP) is 6.56. The van der Waals surface area contributed by atoms with Crippen LogP contribution in [0.15, 0.2) is 0 Å². The maximum atomic E-state index is 13.1. The monoisotopic (exact) mass is 460 g/mol. The fourth-order valence-corrected chi connectivity index (χ4v) is 3.13. The van der Waals surface area contributed by atoms with Crippen molar-refractivity contribution >= 4 is 11.9 Å². The quantitative estimate of drug-likeness (QED) is 0.274.